The van der Waals surface area contributed by atoms with Gasteiger partial charge in [-0.2, -0.15) is 0 Å². The lowest BCUT2D eigenvalue weighted by Crippen LogP contribution is -2.28. The summed E-state index contributed by atoms with van der Waals surface area (Å²) in [5.41, 5.74) is 0. The number of anilines is 1. The van der Waals surface area contributed by atoms with Gasteiger partial charge in [-0.25, -0.2) is 18.4 Å². The molecule has 0 aromatic carbocycles. The maximum Gasteiger partial charge on any atom is 0.237 e. The summed E-state index contributed by atoms with van der Waals surface area (Å²) in [7, 11) is 1.46. The molecule has 1 fully saturated rings. The summed E-state index contributed by atoms with van der Waals surface area (Å²) in [6, 6.07) is 0. The molecule has 0 bridgehead atoms. The molecule has 0 radical (unpaired) electrons. The smallest absolute Gasteiger partial charge is 0.237 e. The molecule has 2 rings (SSSR count). The van der Waals surface area contributed by atoms with Gasteiger partial charge in [-0.3, -0.25) is 9.69 Å². The van der Waals surface area contributed by atoms with Crippen LogP contribution >= 0.6 is 38.2 Å². The topological polar surface area (TPSA) is 80.2 Å². The monoisotopic (exact) mass is 373 g/mol. The van der Waals surface area contributed by atoms with Crippen LogP contribution in [0.15, 0.2) is 10.8 Å². The van der Waals surface area contributed by atoms with Crippen molar-refractivity contribution in [2.45, 2.75) is 11.7 Å². The average molecular weight is 375 g/mol. The zero-order valence-corrected chi connectivity index (χ0v) is 12.6. The van der Waals surface area contributed by atoms with E-state index in [2.05, 4.69) is 25.9 Å². The second kappa shape index (κ2) is 4.92. The van der Waals surface area contributed by atoms with Crippen molar-refractivity contribution in [2.75, 3.05) is 11.4 Å². The third-order valence-electron chi connectivity index (χ3n) is 2.43. The van der Waals surface area contributed by atoms with Crippen molar-refractivity contribution >= 4 is 59.0 Å². The number of amides is 1. The number of rotatable bonds is 2. The van der Waals surface area contributed by atoms with E-state index in [-0.39, 0.29) is 29.8 Å². The highest BCUT2D eigenvalue weighted by atomic mass is 79.9. The van der Waals surface area contributed by atoms with Gasteiger partial charge in [0, 0.05) is 23.6 Å². The minimum Gasteiger partial charge on any atom is -0.293 e. The molecular weight excluding hydrogens is 369 g/mol. The highest BCUT2D eigenvalue weighted by Crippen LogP contribution is 2.30. The van der Waals surface area contributed by atoms with Crippen LogP contribution in [0.2, 0.25) is 5.15 Å². The zero-order chi connectivity index (χ0) is 13.5. The molecule has 1 aromatic rings. The fourth-order valence-electron chi connectivity index (χ4n) is 1.58. The van der Waals surface area contributed by atoms with E-state index in [4.69, 9.17) is 22.3 Å². The van der Waals surface area contributed by atoms with Crippen molar-refractivity contribution in [1.82, 2.24) is 9.97 Å². The second-order valence-electron chi connectivity index (χ2n) is 3.61. The maximum atomic E-state index is 11.8. The van der Waals surface area contributed by atoms with Gasteiger partial charge in [0.2, 0.25) is 15.0 Å². The van der Waals surface area contributed by atoms with Crippen LogP contribution in [0, 0.1) is 0 Å². The second-order valence-corrected chi connectivity index (χ2v) is 7.66. The highest BCUT2D eigenvalue weighted by Gasteiger charge is 2.39. The van der Waals surface area contributed by atoms with Gasteiger partial charge in [-0.1, -0.05) is 11.6 Å². The molecule has 1 atom stereocenters. The molecule has 1 aromatic heterocycles. The van der Waals surface area contributed by atoms with Gasteiger partial charge < -0.3 is 0 Å². The minimum absolute atomic E-state index is 0.0573. The number of halogens is 3. The van der Waals surface area contributed by atoms with Gasteiger partial charge in [0.25, 0.3) is 0 Å². The summed E-state index contributed by atoms with van der Waals surface area (Å²) < 4.78 is 22.8. The third-order valence-corrected chi connectivity index (χ3v) is 5.03. The quantitative estimate of drug-likeness (QED) is 0.734. The molecule has 0 aliphatic carbocycles. The van der Waals surface area contributed by atoms with Crippen molar-refractivity contribution in [3.8, 4) is 0 Å². The van der Waals surface area contributed by atoms with Crippen LogP contribution in [0.1, 0.15) is 6.42 Å². The van der Waals surface area contributed by atoms with Crippen LogP contribution in [0.4, 0.5) is 5.82 Å². The molecule has 0 spiro atoms. The number of carbonyl (C=O) groups is 1. The van der Waals surface area contributed by atoms with Crippen molar-refractivity contribution in [1.29, 1.82) is 0 Å². The normalized spacial score (nSPS) is 20.5. The van der Waals surface area contributed by atoms with Crippen molar-refractivity contribution in [3.05, 3.63) is 16.0 Å². The summed E-state index contributed by atoms with van der Waals surface area (Å²) in [6.07, 6.45) is 1.14. The molecule has 10 heteroatoms. The van der Waals surface area contributed by atoms with E-state index in [9.17, 15) is 13.2 Å². The summed E-state index contributed by atoms with van der Waals surface area (Å²) in [6.45, 7) is -0.0573. The zero-order valence-electron chi connectivity index (χ0n) is 8.68. The maximum absolute atomic E-state index is 11.8. The van der Waals surface area contributed by atoms with Gasteiger partial charge in [0.1, 0.15) is 15.0 Å². The van der Waals surface area contributed by atoms with Gasteiger partial charge in [0.05, 0.1) is 6.20 Å². The Balaban J connectivity index is 2.35. The lowest BCUT2D eigenvalue weighted by molar-refractivity contribution is -0.117. The summed E-state index contributed by atoms with van der Waals surface area (Å²) in [5.74, 6) is -0.197. The minimum atomic E-state index is -3.79. The van der Waals surface area contributed by atoms with Crippen molar-refractivity contribution < 1.29 is 13.2 Å². The Bertz CT molecular complexity index is 610. The Labute approximate surface area is 121 Å². The van der Waals surface area contributed by atoms with E-state index in [1.54, 1.807) is 0 Å². The summed E-state index contributed by atoms with van der Waals surface area (Å²) in [5, 5.41) is -0.836. The number of carbonyl (C=O) groups excluding carboxylic acids is 1. The van der Waals surface area contributed by atoms with E-state index in [0.29, 0.717) is 4.60 Å². The molecule has 1 unspecified atom stereocenters. The molecule has 1 saturated heterocycles. The third kappa shape index (κ3) is 2.76. The van der Waals surface area contributed by atoms with Crippen LogP contribution in [0.3, 0.4) is 0 Å². The Morgan fingerprint density at radius 3 is 2.72 bits per heavy atom. The Hall–Kier alpha value is -0.440. The molecule has 18 heavy (non-hydrogen) atoms. The first kappa shape index (κ1) is 14.0. The molecule has 2 heterocycles. The van der Waals surface area contributed by atoms with Gasteiger partial charge in [-0.15, -0.1) is 0 Å². The molecule has 1 aliphatic heterocycles. The number of aromatic nitrogens is 2. The average Bonchev–Trinajstić information content (AvgIpc) is 2.64. The van der Waals surface area contributed by atoms with Crippen molar-refractivity contribution in [3.63, 3.8) is 0 Å². The molecule has 0 N–H and O–H groups in total. The largest absolute Gasteiger partial charge is 0.293 e. The first-order valence-electron chi connectivity index (χ1n) is 4.71. The Morgan fingerprint density at radius 2 is 2.17 bits per heavy atom. The first-order valence-corrected chi connectivity index (χ1v) is 8.25. The fourth-order valence-corrected chi connectivity index (χ4v) is 3.14. The van der Waals surface area contributed by atoms with E-state index in [1.165, 1.54) is 11.1 Å². The van der Waals surface area contributed by atoms with Crippen molar-refractivity contribution in [2.24, 2.45) is 0 Å². The number of hydrogen-bond acceptors (Lipinski definition) is 5. The molecule has 98 valence electrons. The Kier molecular flexibility index (Phi) is 3.82. The highest BCUT2D eigenvalue weighted by molar-refractivity contribution is 9.10. The fraction of sp³-hybridized carbons (Fsp3) is 0.375. The Morgan fingerprint density at radius 1 is 1.50 bits per heavy atom. The molecular formula is C8H6BrCl2N3O3S. The van der Waals surface area contributed by atoms with Crippen LogP contribution in [-0.4, -0.2) is 36.1 Å². The lowest BCUT2D eigenvalue weighted by Gasteiger charge is -2.15. The van der Waals surface area contributed by atoms with Crippen LogP contribution in [-0.2, 0) is 13.8 Å². The van der Waals surface area contributed by atoms with E-state index in [1.807, 2.05) is 0 Å². The van der Waals surface area contributed by atoms with E-state index in [0.717, 1.165) is 0 Å². The lowest BCUT2D eigenvalue weighted by atomic mass is 10.4. The SMILES string of the molecule is O=C1CC(S(=O)(=O)Cl)CN1c1nc(Cl)cnc1Br. The first-order chi connectivity index (χ1) is 8.29. The van der Waals surface area contributed by atoms with Gasteiger partial charge in [-0.05, 0) is 15.9 Å². The van der Waals surface area contributed by atoms with Gasteiger partial charge in [0.15, 0.2) is 5.82 Å². The van der Waals surface area contributed by atoms with E-state index >= 15 is 0 Å². The molecule has 0 saturated carbocycles. The predicted octanol–water partition coefficient (Wildman–Crippen LogP) is 1.57. The molecule has 6 nitrogen and oxygen atoms in total. The summed E-state index contributed by atoms with van der Waals surface area (Å²) >= 11 is 8.82. The number of nitrogens with zero attached hydrogens (tertiary/aromatic N) is 3. The van der Waals surface area contributed by atoms with Gasteiger partial charge >= 0.3 is 0 Å². The summed E-state index contributed by atoms with van der Waals surface area (Å²) in [4.78, 5) is 20.8. The van der Waals surface area contributed by atoms with Crippen LogP contribution in [0.25, 0.3) is 0 Å². The van der Waals surface area contributed by atoms with E-state index < -0.39 is 14.3 Å². The molecule has 1 amide bonds. The standard InChI is InChI=1S/C8H6BrCl2N3O3S/c9-7-8(13-5(10)2-12-7)14-3-4(1-6(14)15)18(11,16)17/h2,4H,1,3H2. The molecule has 1 aliphatic rings. The predicted molar refractivity (Wildman–Crippen MR) is 70.3 cm³/mol. The number of hydrogen-bond donors (Lipinski definition) is 0. The van der Waals surface area contributed by atoms with Crippen LogP contribution < -0.4 is 4.90 Å². The van der Waals surface area contributed by atoms with Crippen LogP contribution in [0.5, 0.6) is 0 Å².